The fourth-order valence-corrected chi connectivity index (χ4v) is 4.86. The lowest BCUT2D eigenvalue weighted by Crippen LogP contribution is -2.16. The molecule has 0 atom stereocenters. The fraction of sp³-hybridized carbons (Fsp3) is 0. The summed E-state index contributed by atoms with van der Waals surface area (Å²) in [6, 6.07) is 12.9. The van der Waals surface area contributed by atoms with Crippen molar-refractivity contribution in [1.82, 2.24) is 4.57 Å². The Morgan fingerprint density at radius 3 is 2.08 bits per heavy atom. The number of nitrogens with one attached hydrogen (secondary N) is 1. The molecular weight excluding hydrogens is 553 g/mol. The summed E-state index contributed by atoms with van der Waals surface area (Å²) >= 11 is 0.561. The molecule has 1 N–H and O–H groups in total. The number of rotatable bonds is 5. The Bertz CT molecular complexity index is 1810. The molecule has 0 aliphatic carbocycles. The summed E-state index contributed by atoms with van der Waals surface area (Å²) in [5.41, 5.74) is -0.763. The zero-order chi connectivity index (χ0) is 28.0. The molecule has 5 rings (SSSR count). The number of benzene rings is 3. The second-order valence-electron chi connectivity index (χ2n) is 7.91. The molecule has 5 nitrogen and oxygen atoms in total. The number of halogens is 7. The zero-order valence-corrected chi connectivity index (χ0v) is 19.8. The summed E-state index contributed by atoms with van der Waals surface area (Å²) in [6.07, 6.45) is 0. The molecule has 198 valence electrons. The minimum Gasteiger partial charge on any atom is -0.416 e. The van der Waals surface area contributed by atoms with Crippen molar-refractivity contribution in [3.63, 3.8) is 0 Å². The molecule has 0 aliphatic heterocycles. The molecule has 0 saturated heterocycles. The predicted octanol–water partition coefficient (Wildman–Crippen LogP) is 6.99. The highest BCUT2D eigenvalue weighted by molar-refractivity contribution is 7.21. The molecule has 0 spiro atoms. The summed E-state index contributed by atoms with van der Waals surface area (Å²) in [5, 5.41) is 2.70. The first-order valence-electron chi connectivity index (χ1n) is 10.8. The van der Waals surface area contributed by atoms with Gasteiger partial charge in [-0.1, -0.05) is 18.2 Å². The van der Waals surface area contributed by atoms with E-state index in [0.717, 1.165) is 18.2 Å². The molecule has 0 unspecified atom stereocenters. The molecule has 0 bridgehead atoms. The van der Waals surface area contributed by atoms with Gasteiger partial charge in [-0.05, 0) is 30.3 Å². The number of para-hydroxylation sites is 1. The van der Waals surface area contributed by atoms with Gasteiger partial charge in [0.15, 0.2) is 0 Å². The number of aromatic nitrogens is 1. The van der Waals surface area contributed by atoms with E-state index in [1.165, 1.54) is 10.6 Å². The van der Waals surface area contributed by atoms with Crippen molar-refractivity contribution in [3.8, 4) is 11.4 Å². The maximum absolute atomic E-state index is 14.5. The van der Waals surface area contributed by atoms with Crippen molar-refractivity contribution in [1.29, 1.82) is 0 Å². The molecule has 13 heteroatoms. The molecule has 39 heavy (non-hydrogen) atoms. The lowest BCUT2D eigenvalue weighted by Gasteiger charge is -2.11. The Balaban J connectivity index is 1.72. The number of nitrogens with zero attached hydrogens (tertiary/aromatic N) is 1. The number of hydrogen-bond acceptors (Lipinski definition) is 5. The lowest BCUT2D eigenvalue weighted by atomic mass is 10.2. The number of pyridine rings is 1. The second kappa shape index (κ2) is 9.91. The highest BCUT2D eigenvalue weighted by Crippen LogP contribution is 2.40. The average molecular weight is 564 g/mol. The van der Waals surface area contributed by atoms with Crippen molar-refractivity contribution in [2.75, 3.05) is 5.32 Å². The number of ether oxygens (including phenoxy) is 1. The third-order valence-electron chi connectivity index (χ3n) is 5.50. The van der Waals surface area contributed by atoms with Crippen molar-refractivity contribution in [2.45, 2.75) is 0 Å². The van der Waals surface area contributed by atoms with Gasteiger partial charge in [0.1, 0.15) is 21.3 Å². The number of anilines is 2. The van der Waals surface area contributed by atoms with Crippen LogP contribution in [-0.2, 0) is 0 Å². The van der Waals surface area contributed by atoms with Gasteiger partial charge in [0.2, 0.25) is 34.8 Å². The van der Waals surface area contributed by atoms with Gasteiger partial charge < -0.3 is 10.1 Å². The lowest BCUT2D eigenvalue weighted by molar-refractivity contribution is 0.0722. The Morgan fingerprint density at radius 2 is 1.44 bits per heavy atom. The number of carbonyl (C=O) groups is 1. The Hall–Kier alpha value is -4.65. The molecular formula is C26H11F7N2O3S. The van der Waals surface area contributed by atoms with E-state index in [0.29, 0.717) is 23.1 Å². The van der Waals surface area contributed by atoms with E-state index >= 15 is 0 Å². The van der Waals surface area contributed by atoms with Crippen LogP contribution in [0.2, 0.25) is 0 Å². The van der Waals surface area contributed by atoms with Gasteiger partial charge in [-0.25, -0.2) is 26.7 Å². The van der Waals surface area contributed by atoms with Gasteiger partial charge in [-0.3, -0.25) is 9.36 Å². The molecule has 0 aliphatic rings. The molecule has 2 heterocycles. The van der Waals surface area contributed by atoms with Crippen LogP contribution in [-0.4, -0.2) is 10.5 Å². The SMILES string of the molecule is O=C(Oc1c(F)c(F)c(F)c(F)c1F)c1sc2c(ccc(=O)n2-c2ccccc2)c1Nc1ccc(F)cc1F. The summed E-state index contributed by atoms with van der Waals surface area (Å²) in [6.45, 7) is 0. The summed E-state index contributed by atoms with van der Waals surface area (Å²) < 4.78 is 103. The second-order valence-corrected chi connectivity index (χ2v) is 8.90. The number of esters is 1. The monoisotopic (exact) mass is 564 g/mol. The highest BCUT2D eigenvalue weighted by Gasteiger charge is 2.31. The van der Waals surface area contributed by atoms with E-state index in [2.05, 4.69) is 10.1 Å². The van der Waals surface area contributed by atoms with E-state index in [1.807, 2.05) is 0 Å². The van der Waals surface area contributed by atoms with Gasteiger partial charge in [0, 0.05) is 17.5 Å². The van der Waals surface area contributed by atoms with Crippen LogP contribution in [0, 0.1) is 40.7 Å². The largest absolute Gasteiger partial charge is 0.416 e. The maximum atomic E-state index is 14.5. The minimum atomic E-state index is -2.45. The molecule has 0 radical (unpaired) electrons. The van der Waals surface area contributed by atoms with Crippen LogP contribution in [0.4, 0.5) is 42.1 Å². The van der Waals surface area contributed by atoms with Gasteiger partial charge in [0.25, 0.3) is 5.56 Å². The van der Waals surface area contributed by atoms with E-state index < -0.39 is 62.9 Å². The van der Waals surface area contributed by atoms with Crippen molar-refractivity contribution in [2.24, 2.45) is 0 Å². The number of carbonyl (C=O) groups excluding carboxylic acids is 1. The number of fused-ring (bicyclic) bond motifs is 1. The van der Waals surface area contributed by atoms with E-state index in [9.17, 15) is 40.3 Å². The smallest absolute Gasteiger partial charge is 0.356 e. The van der Waals surface area contributed by atoms with Crippen molar-refractivity contribution in [3.05, 3.63) is 117 Å². The zero-order valence-electron chi connectivity index (χ0n) is 19.0. The van der Waals surface area contributed by atoms with Gasteiger partial charge >= 0.3 is 5.97 Å². The molecule has 2 aromatic heterocycles. The third kappa shape index (κ3) is 4.50. The van der Waals surface area contributed by atoms with Crippen LogP contribution < -0.4 is 15.6 Å². The standard InChI is InChI=1S/C26H11F7N2O3S/c27-11-6-8-15(14(28)10-11)34-22-13-7-9-16(36)35(12-4-2-1-3-5-12)25(13)39-24(22)26(37)38-23-20(32)18(30)17(29)19(31)21(23)33/h1-10,34H. The van der Waals surface area contributed by atoms with Crippen LogP contribution in [0.5, 0.6) is 5.75 Å². The van der Waals surface area contributed by atoms with Gasteiger partial charge in [-0.2, -0.15) is 8.78 Å². The van der Waals surface area contributed by atoms with Crippen LogP contribution in [0.15, 0.2) is 65.5 Å². The first kappa shape index (κ1) is 26.0. The van der Waals surface area contributed by atoms with E-state index in [-0.39, 0.29) is 21.6 Å². The van der Waals surface area contributed by atoms with Crippen LogP contribution in [0.3, 0.4) is 0 Å². The third-order valence-corrected chi connectivity index (χ3v) is 6.67. The minimum absolute atomic E-state index is 0.0862. The fourth-order valence-electron chi connectivity index (χ4n) is 3.71. The molecule has 0 saturated carbocycles. The van der Waals surface area contributed by atoms with Crippen molar-refractivity contribution >= 4 is 38.9 Å². The summed E-state index contributed by atoms with van der Waals surface area (Å²) in [7, 11) is 0. The predicted molar refractivity (Wildman–Crippen MR) is 128 cm³/mol. The normalized spacial score (nSPS) is 11.2. The topological polar surface area (TPSA) is 60.3 Å². The highest BCUT2D eigenvalue weighted by atomic mass is 32.1. The molecule has 3 aromatic carbocycles. The van der Waals surface area contributed by atoms with Crippen molar-refractivity contribution < 1.29 is 40.3 Å². The number of thiophene rings is 1. The van der Waals surface area contributed by atoms with Crippen LogP contribution >= 0.6 is 11.3 Å². The van der Waals surface area contributed by atoms with Crippen LogP contribution in [0.25, 0.3) is 15.9 Å². The first-order chi connectivity index (χ1) is 18.6. The van der Waals surface area contributed by atoms with Gasteiger partial charge in [0.05, 0.1) is 17.1 Å². The Morgan fingerprint density at radius 1 is 0.795 bits per heavy atom. The Kier molecular flexibility index (Phi) is 6.60. The summed E-state index contributed by atoms with van der Waals surface area (Å²) in [5.74, 6) is -17.3. The maximum Gasteiger partial charge on any atom is 0.356 e. The summed E-state index contributed by atoms with van der Waals surface area (Å²) in [4.78, 5) is 25.5. The average Bonchev–Trinajstić information content (AvgIpc) is 3.28. The van der Waals surface area contributed by atoms with E-state index in [1.54, 1.807) is 30.3 Å². The van der Waals surface area contributed by atoms with Gasteiger partial charge in [-0.15, -0.1) is 11.3 Å². The first-order valence-corrected chi connectivity index (χ1v) is 11.6. The van der Waals surface area contributed by atoms with E-state index in [4.69, 9.17) is 0 Å². The quantitative estimate of drug-likeness (QED) is 0.0822. The number of hydrogen-bond donors (Lipinski definition) is 1. The Labute approximate surface area is 217 Å². The molecule has 0 amide bonds. The molecule has 0 fully saturated rings. The molecule has 5 aromatic rings. The van der Waals surface area contributed by atoms with Crippen LogP contribution in [0.1, 0.15) is 9.67 Å².